The maximum absolute atomic E-state index is 6.18. The summed E-state index contributed by atoms with van der Waals surface area (Å²) in [5, 5.41) is 0. The molecule has 1 atom stereocenters. The lowest BCUT2D eigenvalue weighted by atomic mass is 9.95. The first-order valence-corrected chi connectivity index (χ1v) is 5.69. The number of hydrogen-bond donors (Lipinski definition) is 1. The molecular weight excluding hydrogens is 170 g/mol. The van der Waals surface area contributed by atoms with Crippen LogP contribution in [0.15, 0.2) is 18.2 Å². The van der Waals surface area contributed by atoms with Crippen molar-refractivity contribution in [2.24, 2.45) is 5.73 Å². The lowest BCUT2D eigenvalue weighted by molar-refractivity contribution is 0.633. The Morgan fingerprint density at radius 2 is 2.21 bits per heavy atom. The summed E-state index contributed by atoms with van der Waals surface area (Å²) in [6.45, 7) is 2.20. The highest BCUT2D eigenvalue weighted by Crippen LogP contribution is 2.29. The quantitative estimate of drug-likeness (QED) is 0.777. The van der Waals surface area contributed by atoms with Crippen molar-refractivity contribution in [3.8, 4) is 0 Å². The summed E-state index contributed by atoms with van der Waals surface area (Å²) in [7, 11) is 0. The molecule has 76 valence electrons. The highest BCUT2D eigenvalue weighted by atomic mass is 14.6. The fraction of sp³-hybridized carbons (Fsp3) is 0.538. The maximum atomic E-state index is 6.18. The summed E-state index contributed by atoms with van der Waals surface area (Å²) in [4.78, 5) is 0. The van der Waals surface area contributed by atoms with Crippen LogP contribution >= 0.6 is 0 Å². The molecule has 0 spiro atoms. The van der Waals surface area contributed by atoms with Crippen molar-refractivity contribution in [2.75, 3.05) is 0 Å². The van der Waals surface area contributed by atoms with Crippen molar-refractivity contribution in [1.82, 2.24) is 0 Å². The molecule has 0 radical (unpaired) electrons. The summed E-state index contributed by atoms with van der Waals surface area (Å²) >= 11 is 0. The Bertz CT molecular complexity index is 317. The zero-order valence-corrected chi connectivity index (χ0v) is 8.92. The van der Waals surface area contributed by atoms with Crippen LogP contribution in [-0.4, -0.2) is 0 Å². The van der Waals surface area contributed by atoms with Gasteiger partial charge in [-0.05, 0) is 42.4 Å². The van der Waals surface area contributed by atoms with Crippen molar-refractivity contribution in [2.45, 2.75) is 45.1 Å². The molecule has 0 aliphatic heterocycles. The minimum absolute atomic E-state index is 0.257. The van der Waals surface area contributed by atoms with Gasteiger partial charge in [-0.25, -0.2) is 0 Å². The van der Waals surface area contributed by atoms with Crippen molar-refractivity contribution in [1.29, 1.82) is 0 Å². The van der Waals surface area contributed by atoms with Crippen LogP contribution in [0, 0.1) is 0 Å². The Hall–Kier alpha value is -0.820. The Kier molecular flexibility index (Phi) is 2.87. The number of nitrogens with two attached hydrogens (primary N) is 1. The van der Waals surface area contributed by atoms with Crippen molar-refractivity contribution >= 4 is 0 Å². The van der Waals surface area contributed by atoms with Crippen LogP contribution in [0.2, 0.25) is 0 Å². The molecule has 0 aromatic heterocycles. The molecule has 0 fully saturated rings. The van der Waals surface area contributed by atoms with Crippen molar-refractivity contribution in [3.05, 3.63) is 34.9 Å². The molecule has 0 unspecified atom stereocenters. The third-order valence-electron chi connectivity index (χ3n) is 3.18. The molecule has 2 rings (SSSR count). The summed E-state index contributed by atoms with van der Waals surface area (Å²) in [5.74, 6) is 0. The zero-order chi connectivity index (χ0) is 9.97. The minimum atomic E-state index is 0.257. The Morgan fingerprint density at radius 3 is 3.00 bits per heavy atom. The van der Waals surface area contributed by atoms with E-state index >= 15 is 0 Å². The number of rotatable bonds is 3. The average molecular weight is 189 g/mol. The van der Waals surface area contributed by atoms with E-state index in [1.165, 1.54) is 36.8 Å². The number of hydrogen-bond acceptors (Lipinski definition) is 1. The van der Waals surface area contributed by atoms with Crippen LogP contribution in [-0.2, 0) is 12.8 Å². The number of fused-ring (bicyclic) bond motifs is 1. The average Bonchev–Trinajstić information content (AvgIpc) is 2.65. The molecule has 0 saturated heterocycles. The first-order valence-electron chi connectivity index (χ1n) is 5.69. The maximum Gasteiger partial charge on any atom is 0.0297 e. The normalized spacial score (nSPS) is 16.7. The van der Waals surface area contributed by atoms with Gasteiger partial charge in [0, 0.05) is 6.04 Å². The molecule has 0 saturated carbocycles. The van der Waals surface area contributed by atoms with Gasteiger partial charge in [0.05, 0.1) is 0 Å². The van der Waals surface area contributed by atoms with Gasteiger partial charge < -0.3 is 5.73 Å². The SMILES string of the molecule is CCC[C@@H](N)c1cccc2c1CCC2. The van der Waals surface area contributed by atoms with E-state index < -0.39 is 0 Å². The van der Waals surface area contributed by atoms with E-state index in [1.807, 2.05) is 0 Å². The third kappa shape index (κ3) is 1.69. The van der Waals surface area contributed by atoms with Gasteiger partial charge in [0.25, 0.3) is 0 Å². The van der Waals surface area contributed by atoms with E-state index in [9.17, 15) is 0 Å². The lowest BCUT2D eigenvalue weighted by Gasteiger charge is -2.15. The predicted molar refractivity (Wildman–Crippen MR) is 60.3 cm³/mol. The van der Waals surface area contributed by atoms with E-state index in [0.717, 1.165) is 6.42 Å². The molecule has 1 heteroatoms. The van der Waals surface area contributed by atoms with Crippen LogP contribution in [0.3, 0.4) is 0 Å². The molecule has 1 nitrogen and oxygen atoms in total. The first kappa shape index (κ1) is 9.72. The summed E-state index contributed by atoms with van der Waals surface area (Å²) < 4.78 is 0. The Balaban J connectivity index is 2.29. The van der Waals surface area contributed by atoms with Gasteiger partial charge in [-0.1, -0.05) is 31.5 Å². The van der Waals surface area contributed by atoms with Gasteiger partial charge >= 0.3 is 0 Å². The summed E-state index contributed by atoms with van der Waals surface area (Å²) in [6, 6.07) is 6.89. The van der Waals surface area contributed by atoms with Crippen LogP contribution in [0.5, 0.6) is 0 Å². The third-order valence-corrected chi connectivity index (χ3v) is 3.18. The lowest BCUT2D eigenvalue weighted by Crippen LogP contribution is -2.12. The fourth-order valence-electron chi connectivity index (χ4n) is 2.46. The molecule has 0 amide bonds. The van der Waals surface area contributed by atoms with Crippen LogP contribution in [0.4, 0.5) is 0 Å². The second-order valence-corrected chi connectivity index (χ2v) is 4.23. The fourth-order valence-corrected chi connectivity index (χ4v) is 2.46. The topological polar surface area (TPSA) is 26.0 Å². The van der Waals surface area contributed by atoms with E-state index in [-0.39, 0.29) is 6.04 Å². The standard InChI is InChI=1S/C13H19N/c1-2-5-13(14)12-9-4-7-10-6-3-8-11(10)12/h4,7,9,13H,2-3,5-6,8,14H2,1H3/t13-/m1/s1. The van der Waals surface area contributed by atoms with Gasteiger partial charge in [-0.3, -0.25) is 0 Å². The largest absolute Gasteiger partial charge is 0.324 e. The van der Waals surface area contributed by atoms with Crippen LogP contribution in [0.1, 0.15) is 48.9 Å². The van der Waals surface area contributed by atoms with Gasteiger partial charge in [-0.2, -0.15) is 0 Å². The smallest absolute Gasteiger partial charge is 0.0297 e. The number of benzene rings is 1. The highest BCUT2D eigenvalue weighted by Gasteiger charge is 2.17. The Morgan fingerprint density at radius 1 is 1.36 bits per heavy atom. The van der Waals surface area contributed by atoms with Gasteiger partial charge in [-0.15, -0.1) is 0 Å². The molecular formula is C13H19N. The molecule has 1 aromatic rings. The predicted octanol–water partition coefficient (Wildman–Crippen LogP) is 2.98. The molecule has 14 heavy (non-hydrogen) atoms. The summed E-state index contributed by atoms with van der Waals surface area (Å²) in [6.07, 6.45) is 6.08. The van der Waals surface area contributed by atoms with E-state index in [0.29, 0.717) is 0 Å². The highest BCUT2D eigenvalue weighted by molar-refractivity contribution is 5.40. The summed E-state index contributed by atoms with van der Waals surface area (Å²) in [5.41, 5.74) is 10.7. The van der Waals surface area contributed by atoms with Crippen LogP contribution < -0.4 is 5.73 Å². The zero-order valence-electron chi connectivity index (χ0n) is 8.92. The monoisotopic (exact) mass is 189 g/mol. The first-order chi connectivity index (χ1) is 6.83. The molecule has 1 aliphatic carbocycles. The molecule has 2 N–H and O–H groups in total. The second kappa shape index (κ2) is 4.14. The van der Waals surface area contributed by atoms with E-state index in [4.69, 9.17) is 5.73 Å². The molecule has 1 aromatic carbocycles. The number of aryl methyl sites for hydroxylation is 1. The van der Waals surface area contributed by atoms with Gasteiger partial charge in [0.2, 0.25) is 0 Å². The Labute approximate surface area is 86.3 Å². The van der Waals surface area contributed by atoms with E-state index in [2.05, 4.69) is 25.1 Å². The minimum Gasteiger partial charge on any atom is -0.324 e. The van der Waals surface area contributed by atoms with Gasteiger partial charge in [0.15, 0.2) is 0 Å². The van der Waals surface area contributed by atoms with Crippen molar-refractivity contribution in [3.63, 3.8) is 0 Å². The molecule has 1 aliphatic rings. The van der Waals surface area contributed by atoms with Gasteiger partial charge in [0.1, 0.15) is 0 Å². The molecule has 0 heterocycles. The van der Waals surface area contributed by atoms with Crippen molar-refractivity contribution < 1.29 is 0 Å². The van der Waals surface area contributed by atoms with E-state index in [1.54, 1.807) is 5.56 Å². The van der Waals surface area contributed by atoms with Crippen LogP contribution in [0.25, 0.3) is 0 Å². The molecule has 0 bridgehead atoms. The second-order valence-electron chi connectivity index (χ2n) is 4.23.